The second kappa shape index (κ2) is 6.54. The second-order valence-corrected chi connectivity index (χ2v) is 7.80. The lowest BCUT2D eigenvalue weighted by Crippen LogP contribution is -2.28. The van der Waals surface area contributed by atoms with Crippen molar-refractivity contribution in [2.24, 2.45) is 11.8 Å². The number of hydrogen-bond acceptors (Lipinski definition) is 4. The van der Waals surface area contributed by atoms with Crippen LogP contribution in [-0.2, 0) is 13.1 Å². The van der Waals surface area contributed by atoms with Crippen LogP contribution in [0.15, 0.2) is 5.38 Å². The molecule has 0 saturated heterocycles. The maximum atomic E-state index is 4.80. The summed E-state index contributed by atoms with van der Waals surface area (Å²) in [6.45, 7) is 8.86. The molecule has 1 aromatic heterocycles. The molecule has 0 spiro atoms. The van der Waals surface area contributed by atoms with Gasteiger partial charge in [-0.1, -0.05) is 13.8 Å². The van der Waals surface area contributed by atoms with E-state index in [1.54, 1.807) is 0 Å². The van der Waals surface area contributed by atoms with Crippen LogP contribution in [0.25, 0.3) is 0 Å². The highest BCUT2D eigenvalue weighted by molar-refractivity contribution is 7.09. The van der Waals surface area contributed by atoms with Crippen molar-refractivity contribution < 1.29 is 0 Å². The maximum Gasteiger partial charge on any atom is 0.107 e. The first-order valence-corrected chi connectivity index (χ1v) is 8.96. The van der Waals surface area contributed by atoms with Crippen LogP contribution in [0.3, 0.4) is 0 Å². The fraction of sp³-hybridized carbons (Fsp3) is 0.812. The molecule has 1 N–H and O–H groups in total. The smallest absolute Gasteiger partial charge is 0.107 e. The van der Waals surface area contributed by atoms with Crippen molar-refractivity contribution in [2.45, 2.75) is 58.7 Å². The Balaban J connectivity index is 1.47. The standard InChI is InChI=1S/C16H27N3S/c1-12(2)7-17-8-16-18-14(11-20-16)10-19(15-5-6-15)9-13-3-4-13/h11-13,15,17H,3-10H2,1-2H3. The van der Waals surface area contributed by atoms with Crippen LogP contribution < -0.4 is 5.32 Å². The van der Waals surface area contributed by atoms with Gasteiger partial charge in [0.15, 0.2) is 0 Å². The van der Waals surface area contributed by atoms with E-state index in [2.05, 4.69) is 29.4 Å². The van der Waals surface area contributed by atoms with Gasteiger partial charge >= 0.3 is 0 Å². The maximum absolute atomic E-state index is 4.80. The van der Waals surface area contributed by atoms with E-state index in [4.69, 9.17) is 4.98 Å². The minimum atomic E-state index is 0.707. The van der Waals surface area contributed by atoms with E-state index in [1.165, 1.54) is 42.9 Å². The van der Waals surface area contributed by atoms with Crippen molar-refractivity contribution in [1.29, 1.82) is 0 Å². The molecule has 1 heterocycles. The first-order valence-electron chi connectivity index (χ1n) is 8.08. The first kappa shape index (κ1) is 14.5. The predicted octanol–water partition coefficient (Wildman–Crippen LogP) is 3.26. The molecule has 2 saturated carbocycles. The van der Waals surface area contributed by atoms with Crippen LogP contribution in [0, 0.1) is 11.8 Å². The minimum Gasteiger partial charge on any atom is -0.310 e. The summed E-state index contributed by atoms with van der Waals surface area (Å²) in [5.74, 6) is 1.69. The number of nitrogens with one attached hydrogen (secondary N) is 1. The molecule has 0 unspecified atom stereocenters. The molecular formula is C16H27N3S. The van der Waals surface area contributed by atoms with Gasteiger partial charge in [-0.2, -0.15) is 0 Å². The van der Waals surface area contributed by atoms with Crippen LogP contribution in [0.4, 0.5) is 0 Å². The van der Waals surface area contributed by atoms with Crippen molar-refractivity contribution in [3.05, 3.63) is 16.1 Å². The summed E-state index contributed by atoms with van der Waals surface area (Å²) in [5, 5.41) is 6.98. The molecule has 1 aromatic rings. The third-order valence-corrected chi connectivity index (χ3v) is 4.94. The molecule has 3 rings (SSSR count). The summed E-state index contributed by atoms with van der Waals surface area (Å²) in [7, 11) is 0. The van der Waals surface area contributed by atoms with Gasteiger partial charge in [0.1, 0.15) is 5.01 Å². The molecule has 0 amide bonds. The van der Waals surface area contributed by atoms with E-state index < -0.39 is 0 Å². The molecule has 0 bridgehead atoms. The third kappa shape index (κ3) is 4.54. The highest BCUT2D eigenvalue weighted by Gasteiger charge is 2.33. The zero-order valence-corrected chi connectivity index (χ0v) is 13.6. The molecule has 2 aliphatic carbocycles. The molecular weight excluding hydrogens is 266 g/mol. The zero-order chi connectivity index (χ0) is 13.9. The Kier molecular flexibility index (Phi) is 4.74. The SMILES string of the molecule is CC(C)CNCc1nc(CN(CC2CC2)C2CC2)cs1. The molecule has 3 nitrogen and oxygen atoms in total. The predicted molar refractivity (Wildman–Crippen MR) is 84.8 cm³/mol. The van der Waals surface area contributed by atoms with E-state index in [1.807, 2.05) is 11.3 Å². The molecule has 20 heavy (non-hydrogen) atoms. The Morgan fingerprint density at radius 1 is 1.35 bits per heavy atom. The van der Waals surface area contributed by atoms with Crippen molar-refractivity contribution >= 4 is 11.3 Å². The van der Waals surface area contributed by atoms with Crippen LogP contribution in [0.5, 0.6) is 0 Å². The van der Waals surface area contributed by atoms with E-state index in [0.717, 1.165) is 31.6 Å². The summed E-state index contributed by atoms with van der Waals surface area (Å²) in [6.07, 6.45) is 5.70. The van der Waals surface area contributed by atoms with Gasteiger partial charge in [-0.15, -0.1) is 11.3 Å². The van der Waals surface area contributed by atoms with Crippen molar-refractivity contribution in [1.82, 2.24) is 15.2 Å². The lowest BCUT2D eigenvalue weighted by Gasteiger charge is -2.20. The summed E-state index contributed by atoms with van der Waals surface area (Å²) in [4.78, 5) is 7.48. The van der Waals surface area contributed by atoms with E-state index in [0.29, 0.717) is 5.92 Å². The van der Waals surface area contributed by atoms with E-state index in [9.17, 15) is 0 Å². The van der Waals surface area contributed by atoms with Gasteiger partial charge < -0.3 is 5.32 Å². The Hall–Kier alpha value is -0.450. The molecule has 0 aromatic carbocycles. The van der Waals surface area contributed by atoms with Gasteiger partial charge in [-0.3, -0.25) is 4.90 Å². The minimum absolute atomic E-state index is 0.707. The quantitative estimate of drug-likeness (QED) is 0.757. The monoisotopic (exact) mass is 293 g/mol. The Morgan fingerprint density at radius 3 is 2.80 bits per heavy atom. The molecule has 0 atom stereocenters. The molecule has 4 heteroatoms. The van der Waals surface area contributed by atoms with Gasteiger partial charge in [0, 0.05) is 31.1 Å². The van der Waals surface area contributed by atoms with Crippen molar-refractivity contribution in [2.75, 3.05) is 13.1 Å². The number of aromatic nitrogens is 1. The van der Waals surface area contributed by atoms with Crippen molar-refractivity contribution in [3.8, 4) is 0 Å². The van der Waals surface area contributed by atoms with Gasteiger partial charge in [0.05, 0.1) is 5.69 Å². The topological polar surface area (TPSA) is 28.2 Å². The zero-order valence-electron chi connectivity index (χ0n) is 12.8. The highest BCUT2D eigenvalue weighted by Crippen LogP contribution is 2.35. The average molecular weight is 293 g/mol. The first-order chi connectivity index (χ1) is 9.70. The van der Waals surface area contributed by atoms with Crippen LogP contribution in [0.1, 0.15) is 50.2 Å². The number of thiazole rings is 1. The number of hydrogen-bond donors (Lipinski definition) is 1. The average Bonchev–Trinajstić information content (AvgIpc) is 3.29. The third-order valence-electron chi connectivity index (χ3n) is 4.05. The summed E-state index contributed by atoms with van der Waals surface area (Å²) >= 11 is 1.81. The summed E-state index contributed by atoms with van der Waals surface area (Å²) in [5.41, 5.74) is 1.28. The van der Waals surface area contributed by atoms with Gasteiger partial charge in [0.2, 0.25) is 0 Å². The van der Waals surface area contributed by atoms with Gasteiger partial charge in [-0.25, -0.2) is 4.98 Å². The van der Waals surface area contributed by atoms with E-state index >= 15 is 0 Å². The molecule has 112 valence electrons. The second-order valence-electron chi connectivity index (χ2n) is 6.86. The molecule has 2 fully saturated rings. The van der Waals surface area contributed by atoms with Crippen molar-refractivity contribution in [3.63, 3.8) is 0 Å². The molecule has 2 aliphatic rings. The fourth-order valence-corrected chi connectivity index (χ4v) is 3.35. The van der Waals surface area contributed by atoms with E-state index in [-0.39, 0.29) is 0 Å². The number of nitrogens with zero attached hydrogens (tertiary/aromatic N) is 2. The molecule has 0 radical (unpaired) electrons. The Labute approximate surface area is 126 Å². The Morgan fingerprint density at radius 2 is 2.15 bits per heavy atom. The van der Waals surface area contributed by atoms with Crippen LogP contribution >= 0.6 is 11.3 Å². The van der Waals surface area contributed by atoms with Gasteiger partial charge in [0.25, 0.3) is 0 Å². The molecule has 0 aliphatic heterocycles. The largest absolute Gasteiger partial charge is 0.310 e. The Bertz CT molecular complexity index is 421. The lowest BCUT2D eigenvalue weighted by atomic mass is 10.2. The lowest BCUT2D eigenvalue weighted by molar-refractivity contribution is 0.241. The van der Waals surface area contributed by atoms with Crippen LogP contribution in [-0.4, -0.2) is 29.0 Å². The highest BCUT2D eigenvalue weighted by atomic mass is 32.1. The number of rotatable bonds is 9. The summed E-state index contributed by atoms with van der Waals surface area (Å²) in [6, 6.07) is 0.861. The van der Waals surface area contributed by atoms with Gasteiger partial charge in [-0.05, 0) is 44.1 Å². The van der Waals surface area contributed by atoms with Crippen LogP contribution in [0.2, 0.25) is 0 Å². The normalized spacial score (nSPS) is 19.2. The summed E-state index contributed by atoms with van der Waals surface area (Å²) < 4.78 is 0. The fourth-order valence-electron chi connectivity index (χ4n) is 2.59.